The number of nitrogens with zero attached hydrogens (tertiary/aromatic N) is 1. The van der Waals surface area contributed by atoms with Crippen LogP contribution in [0.5, 0.6) is 0 Å². The summed E-state index contributed by atoms with van der Waals surface area (Å²) < 4.78 is 41.2. The van der Waals surface area contributed by atoms with Gasteiger partial charge in [-0.2, -0.15) is 16.1 Å². The number of benzene rings is 2. The lowest BCUT2D eigenvalue weighted by Gasteiger charge is -2.29. The fraction of sp³-hybridized carbons (Fsp3) is 0.435. The molecule has 0 unspecified atom stereocenters. The second kappa shape index (κ2) is 10.6. The van der Waals surface area contributed by atoms with Crippen molar-refractivity contribution in [2.75, 3.05) is 25.4 Å². The van der Waals surface area contributed by atoms with Crippen LogP contribution in [0, 0.1) is 18.7 Å². The van der Waals surface area contributed by atoms with Crippen molar-refractivity contribution in [1.29, 1.82) is 0 Å². The van der Waals surface area contributed by atoms with Crippen molar-refractivity contribution in [1.82, 2.24) is 9.62 Å². The number of carbonyl (C=O) groups is 1. The summed E-state index contributed by atoms with van der Waals surface area (Å²) in [6.45, 7) is 5.36. The first-order valence-corrected chi connectivity index (χ1v) is 13.1. The molecule has 2 aromatic rings. The number of thioether (sulfide) groups is 1. The van der Waals surface area contributed by atoms with E-state index in [0.29, 0.717) is 48.2 Å². The minimum atomic E-state index is -3.61. The highest BCUT2D eigenvalue weighted by Crippen LogP contribution is 2.25. The third-order valence-electron chi connectivity index (χ3n) is 5.58. The zero-order valence-electron chi connectivity index (χ0n) is 17.9. The molecule has 1 amide bonds. The number of amides is 1. The Morgan fingerprint density at radius 1 is 1.19 bits per heavy atom. The molecule has 1 heterocycles. The van der Waals surface area contributed by atoms with Crippen molar-refractivity contribution in [3.05, 3.63) is 65.0 Å². The normalized spacial score (nSPS) is 15.7. The number of piperidine rings is 1. The van der Waals surface area contributed by atoms with Crippen LogP contribution in [0.25, 0.3) is 0 Å². The van der Waals surface area contributed by atoms with Crippen molar-refractivity contribution >= 4 is 27.7 Å². The molecule has 0 spiro atoms. The fourth-order valence-corrected chi connectivity index (χ4v) is 5.85. The van der Waals surface area contributed by atoms with Crippen LogP contribution in [0.3, 0.4) is 0 Å². The molecule has 31 heavy (non-hydrogen) atoms. The average Bonchev–Trinajstić information content (AvgIpc) is 2.75. The molecule has 1 fully saturated rings. The number of rotatable bonds is 8. The first-order chi connectivity index (χ1) is 14.8. The van der Waals surface area contributed by atoms with E-state index in [-0.39, 0.29) is 16.6 Å². The molecule has 1 aliphatic heterocycles. The zero-order valence-corrected chi connectivity index (χ0v) is 19.6. The molecule has 0 atom stereocenters. The minimum absolute atomic E-state index is 0.159. The van der Waals surface area contributed by atoms with Crippen LogP contribution in [-0.2, 0) is 15.8 Å². The molecule has 168 valence electrons. The molecule has 0 aliphatic carbocycles. The Kier molecular flexibility index (Phi) is 8.13. The van der Waals surface area contributed by atoms with Gasteiger partial charge in [-0.25, -0.2) is 12.8 Å². The monoisotopic (exact) mass is 464 g/mol. The predicted octanol–water partition coefficient (Wildman–Crippen LogP) is 4.22. The zero-order chi connectivity index (χ0) is 22.4. The van der Waals surface area contributed by atoms with Crippen LogP contribution < -0.4 is 5.32 Å². The molecular weight excluding hydrogens is 435 g/mol. The topological polar surface area (TPSA) is 66.5 Å². The summed E-state index contributed by atoms with van der Waals surface area (Å²) >= 11 is 1.53. The quantitative estimate of drug-likeness (QED) is 0.594. The van der Waals surface area contributed by atoms with E-state index in [1.165, 1.54) is 28.2 Å². The first-order valence-electron chi connectivity index (χ1n) is 10.5. The van der Waals surface area contributed by atoms with Gasteiger partial charge >= 0.3 is 0 Å². The maximum absolute atomic E-state index is 13.6. The van der Waals surface area contributed by atoms with Crippen LogP contribution in [0.1, 0.15) is 41.3 Å². The van der Waals surface area contributed by atoms with Gasteiger partial charge in [-0.1, -0.05) is 31.2 Å². The molecule has 2 aromatic carbocycles. The lowest BCUT2D eigenvalue weighted by atomic mass is 10.0. The third kappa shape index (κ3) is 6.08. The molecule has 1 N–H and O–H groups in total. The average molecular weight is 465 g/mol. The van der Waals surface area contributed by atoms with Crippen molar-refractivity contribution in [3.63, 3.8) is 0 Å². The highest BCUT2D eigenvalue weighted by Gasteiger charge is 2.28. The Morgan fingerprint density at radius 2 is 1.90 bits per heavy atom. The van der Waals surface area contributed by atoms with Crippen LogP contribution in [-0.4, -0.2) is 44.0 Å². The molecule has 0 aromatic heterocycles. The van der Waals surface area contributed by atoms with E-state index in [1.807, 2.05) is 0 Å². The van der Waals surface area contributed by atoms with Gasteiger partial charge in [0.1, 0.15) is 5.82 Å². The number of aryl methyl sites for hydroxylation is 1. The smallest absolute Gasteiger partial charge is 0.251 e. The number of nitrogens with one attached hydrogen (secondary N) is 1. The fourth-order valence-electron chi connectivity index (χ4n) is 3.51. The molecular formula is C23H29FN2O3S2. The van der Waals surface area contributed by atoms with Crippen molar-refractivity contribution < 1.29 is 17.6 Å². The van der Waals surface area contributed by atoms with E-state index in [1.54, 1.807) is 37.3 Å². The molecule has 8 heteroatoms. The third-order valence-corrected chi connectivity index (χ3v) is 8.48. The number of carbonyl (C=O) groups excluding carboxylic acids is 1. The Balaban J connectivity index is 1.58. The number of halogens is 1. The molecule has 3 rings (SSSR count). The van der Waals surface area contributed by atoms with Crippen LogP contribution in [0.2, 0.25) is 0 Å². The Labute approximate surface area is 188 Å². The predicted molar refractivity (Wildman–Crippen MR) is 123 cm³/mol. The first kappa shape index (κ1) is 23.8. The summed E-state index contributed by atoms with van der Waals surface area (Å²) in [5, 5.41) is 2.84. The molecule has 5 nitrogen and oxygen atoms in total. The van der Waals surface area contributed by atoms with E-state index < -0.39 is 10.0 Å². The van der Waals surface area contributed by atoms with E-state index in [2.05, 4.69) is 12.2 Å². The second-order valence-electron chi connectivity index (χ2n) is 7.96. The molecule has 1 saturated heterocycles. The van der Waals surface area contributed by atoms with Crippen molar-refractivity contribution in [2.24, 2.45) is 5.92 Å². The Morgan fingerprint density at radius 3 is 2.61 bits per heavy atom. The standard InChI is InChI=1S/C23H29FN2O3S2/c1-17-9-12-26(13-10-17)31(28,29)20-8-7-18(2)21(15-20)23(27)25-11-14-30-16-19-5-3-4-6-22(19)24/h3-8,15,17H,9-14,16H2,1-2H3,(H,25,27). The van der Waals surface area contributed by atoms with Gasteiger partial charge in [0.15, 0.2) is 0 Å². The summed E-state index contributed by atoms with van der Waals surface area (Å²) in [7, 11) is -3.61. The Bertz CT molecular complexity index is 1020. The van der Waals surface area contributed by atoms with Gasteiger partial charge in [0, 0.05) is 36.7 Å². The van der Waals surface area contributed by atoms with E-state index in [4.69, 9.17) is 0 Å². The van der Waals surface area contributed by atoms with Gasteiger partial charge in [-0.05, 0) is 55.0 Å². The van der Waals surface area contributed by atoms with Gasteiger partial charge < -0.3 is 5.32 Å². The van der Waals surface area contributed by atoms with Crippen molar-refractivity contribution in [2.45, 2.75) is 37.3 Å². The summed E-state index contributed by atoms with van der Waals surface area (Å²) in [6.07, 6.45) is 1.70. The number of hydrogen-bond donors (Lipinski definition) is 1. The molecule has 0 bridgehead atoms. The largest absolute Gasteiger partial charge is 0.351 e. The van der Waals surface area contributed by atoms with Gasteiger partial charge in [-0.3, -0.25) is 4.79 Å². The molecule has 0 saturated carbocycles. The van der Waals surface area contributed by atoms with E-state index in [0.717, 1.165) is 18.4 Å². The maximum Gasteiger partial charge on any atom is 0.251 e. The van der Waals surface area contributed by atoms with Gasteiger partial charge in [-0.15, -0.1) is 0 Å². The molecule has 1 aliphatic rings. The van der Waals surface area contributed by atoms with Crippen LogP contribution in [0.4, 0.5) is 4.39 Å². The van der Waals surface area contributed by atoms with Gasteiger partial charge in [0.25, 0.3) is 5.91 Å². The lowest BCUT2D eigenvalue weighted by molar-refractivity contribution is 0.0955. The van der Waals surface area contributed by atoms with Crippen molar-refractivity contribution in [3.8, 4) is 0 Å². The minimum Gasteiger partial charge on any atom is -0.351 e. The summed E-state index contributed by atoms with van der Waals surface area (Å²) in [6, 6.07) is 11.4. The Hall–Kier alpha value is -1.90. The second-order valence-corrected chi connectivity index (χ2v) is 11.0. The highest BCUT2D eigenvalue weighted by atomic mass is 32.2. The van der Waals surface area contributed by atoms with Crippen LogP contribution >= 0.6 is 11.8 Å². The van der Waals surface area contributed by atoms with Gasteiger partial charge in [0.2, 0.25) is 10.0 Å². The highest BCUT2D eigenvalue weighted by molar-refractivity contribution is 7.98. The summed E-state index contributed by atoms with van der Waals surface area (Å²) in [4.78, 5) is 12.8. The van der Waals surface area contributed by atoms with Gasteiger partial charge in [0.05, 0.1) is 4.90 Å². The SMILES string of the molecule is Cc1ccc(S(=O)(=O)N2CCC(C)CC2)cc1C(=O)NCCSCc1ccccc1F. The van der Waals surface area contributed by atoms with Crippen LogP contribution in [0.15, 0.2) is 47.4 Å². The lowest BCUT2D eigenvalue weighted by Crippen LogP contribution is -2.38. The molecule has 0 radical (unpaired) electrons. The summed E-state index contributed by atoms with van der Waals surface area (Å²) in [5.74, 6) is 1.17. The number of sulfonamides is 1. The summed E-state index contributed by atoms with van der Waals surface area (Å²) in [5.41, 5.74) is 1.73. The number of hydrogen-bond acceptors (Lipinski definition) is 4. The van der Waals surface area contributed by atoms with E-state index in [9.17, 15) is 17.6 Å². The maximum atomic E-state index is 13.6. The van der Waals surface area contributed by atoms with E-state index >= 15 is 0 Å².